The minimum atomic E-state index is 0.571. The fourth-order valence-corrected chi connectivity index (χ4v) is 2.93. The predicted octanol–water partition coefficient (Wildman–Crippen LogP) is 3.54. The van der Waals surface area contributed by atoms with E-state index < -0.39 is 0 Å². The molecule has 2 aromatic rings. The molecule has 0 amide bonds. The van der Waals surface area contributed by atoms with Crippen LogP contribution in [0.4, 0.5) is 17.5 Å². The molecule has 24 heavy (non-hydrogen) atoms. The van der Waals surface area contributed by atoms with E-state index in [9.17, 15) is 0 Å². The first-order chi connectivity index (χ1) is 11.7. The number of nitrogens with one attached hydrogen (secondary N) is 1. The summed E-state index contributed by atoms with van der Waals surface area (Å²) in [5.41, 5.74) is 1.72. The number of aromatic nitrogens is 2. The first-order valence-electron chi connectivity index (χ1n) is 8.29. The molecule has 1 saturated heterocycles. The van der Waals surface area contributed by atoms with Crippen molar-refractivity contribution in [1.82, 2.24) is 9.97 Å². The molecule has 6 heteroatoms. The number of rotatable bonds is 5. The molecule has 128 valence electrons. The Bertz CT molecular complexity index is 699. The Balaban J connectivity index is 1.88. The summed E-state index contributed by atoms with van der Waals surface area (Å²) in [6.07, 6.45) is 3.73. The second-order valence-corrected chi connectivity index (χ2v) is 5.93. The molecule has 1 aromatic carbocycles. The van der Waals surface area contributed by atoms with Crippen molar-refractivity contribution in [3.05, 3.63) is 30.0 Å². The number of anilines is 3. The maximum absolute atomic E-state index is 5.41. The number of hydrogen-bond donors (Lipinski definition) is 1. The smallest absolute Gasteiger partial charge is 0.229 e. The predicted molar refractivity (Wildman–Crippen MR) is 95.7 cm³/mol. The van der Waals surface area contributed by atoms with E-state index in [-0.39, 0.29) is 0 Å². The highest BCUT2D eigenvalue weighted by Gasteiger charge is 2.15. The summed E-state index contributed by atoms with van der Waals surface area (Å²) in [5.74, 6) is 3.02. The van der Waals surface area contributed by atoms with E-state index in [0.717, 1.165) is 41.8 Å². The number of methoxy groups -OCH3 is 2. The first-order valence-corrected chi connectivity index (χ1v) is 8.29. The Morgan fingerprint density at radius 1 is 1.00 bits per heavy atom. The Hall–Kier alpha value is -2.50. The molecule has 1 aromatic heterocycles. The van der Waals surface area contributed by atoms with Gasteiger partial charge in [0.1, 0.15) is 17.3 Å². The number of benzene rings is 1. The van der Waals surface area contributed by atoms with Crippen molar-refractivity contribution in [2.45, 2.75) is 26.2 Å². The van der Waals surface area contributed by atoms with Gasteiger partial charge in [-0.05, 0) is 38.3 Å². The van der Waals surface area contributed by atoms with Crippen LogP contribution in [0.3, 0.4) is 0 Å². The van der Waals surface area contributed by atoms with Crippen LogP contribution in [-0.4, -0.2) is 37.3 Å². The van der Waals surface area contributed by atoms with Crippen molar-refractivity contribution in [2.75, 3.05) is 37.5 Å². The van der Waals surface area contributed by atoms with Gasteiger partial charge in [-0.3, -0.25) is 0 Å². The summed E-state index contributed by atoms with van der Waals surface area (Å²) in [5, 5.41) is 3.26. The highest BCUT2D eigenvalue weighted by molar-refractivity contribution is 5.65. The highest BCUT2D eigenvalue weighted by Crippen LogP contribution is 2.31. The summed E-state index contributed by atoms with van der Waals surface area (Å²) in [6.45, 7) is 4.10. The molecule has 0 atom stereocenters. The lowest BCUT2D eigenvalue weighted by Gasteiger charge is -2.28. The van der Waals surface area contributed by atoms with E-state index in [1.54, 1.807) is 14.2 Å². The lowest BCUT2D eigenvalue weighted by molar-refractivity contribution is 0.405. The molecule has 0 spiro atoms. The van der Waals surface area contributed by atoms with Crippen molar-refractivity contribution in [3.8, 4) is 11.5 Å². The molecule has 2 heterocycles. The Kier molecular flexibility index (Phi) is 5.03. The lowest BCUT2D eigenvalue weighted by Crippen LogP contribution is -2.30. The van der Waals surface area contributed by atoms with Gasteiger partial charge in [-0.25, -0.2) is 4.98 Å². The third kappa shape index (κ3) is 3.69. The fourth-order valence-electron chi connectivity index (χ4n) is 2.93. The molecule has 0 aliphatic carbocycles. The van der Waals surface area contributed by atoms with Crippen LogP contribution in [0.15, 0.2) is 24.3 Å². The molecule has 0 bridgehead atoms. The molecular formula is C18H24N4O2. The Morgan fingerprint density at radius 3 is 2.50 bits per heavy atom. The van der Waals surface area contributed by atoms with Crippen molar-refractivity contribution in [2.24, 2.45) is 0 Å². The van der Waals surface area contributed by atoms with Crippen LogP contribution >= 0.6 is 0 Å². The summed E-state index contributed by atoms with van der Waals surface area (Å²) in [4.78, 5) is 11.5. The van der Waals surface area contributed by atoms with Crippen LogP contribution < -0.4 is 19.7 Å². The summed E-state index contributed by atoms with van der Waals surface area (Å²) in [7, 11) is 3.28. The fraction of sp³-hybridized carbons (Fsp3) is 0.444. The highest BCUT2D eigenvalue weighted by atomic mass is 16.5. The Labute approximate surface area is 142 Å². The van der Waals surface area contributed by atoms with Crippen LogP contribution in [0.1, 0.15) is 25.0 Å². The van der Waals surface area contributed by atoms with Gasteiger partial charge in [-0.15, -0.1) is 0 Å². The Morgan fingerprint density at radius 2 is 1.79 bits per heavy atom. The first kappa shape index (κ1) is 16.4. The van der Waals surface area contributed by atoms with Gasteiger partial charge in [0.15, 0.2) is 0 Å². The number of piperidine rings is 1. The second kappa shape index (κ2) is 7.38. The van der Waals surface area contributed by atoms with Crippen LogP contribution in [0.25, 0.3) is 0 Å². The summed E-state index contributed by atoms with van der Waals surface area (Å²) >= 11 is 0. The summed E-state index contributed by atoms with van der Waals surface area (Å²) in [6, 6.07) is 7.65. The van der Waals surface area contributed by atoms with E-state index in [0.29, 0.717) is 5.95 Å². The molecule has 6 nitrogen and oxygen atoms in total. The van der Waals surface area contributed by atoms with E-state index in [1.807, 2.05) is 31.2 Å². The molecule has 0 radical (unpaired) electrons. The van der Waals surface area contributed by atoms with Gasteiger partial charge in [-0.1, -0.05) is 0 Å². The molecule has 1 aliphatic rings. The van der Waals surface area contributed by atoms with E-state index in [4.69, 9.17) is 14.5 Å². The van der Waals surface area contributed by atoms with Crippen molar-refractivity contribution < 1.29 is 9.47 Å². The molecule has 0 saturated carbocycles. The van der Waals surface area contributed by atoms with E-state index in [2.05, 4.69) is 15.2 Å². The average molecular weight is 328 g/mol. The number of hydrogen-bond acceptors (Lipinski definition) is 6. The summed E-state index contributed by atoms with van der Waals surface area (Å²) < 4.78 is 10.7. The number of ether oxygens (including phenoxy) is 2. The topological polar surface area (TPSA) is 59.5 Å². The normalized spacial score (nSPS) is 14.4. The number of nitrogens with zero attached hydrogens (tertiary/aromatic N) is 3. The lowest BCUT2D eigenvalue weighted by atomic mass is 10.1. The zero-order chi connectivity index (χ0) is 16.9. The van der Waals surface area contributed by atoms with E-state index in [1.165, 1.54) is 19.3 Å². The minimum absolute atomic E-state index is 0.571. The van der Waals surface area contributed by atoms with Crippen LogP contribution in [-0.2, 0) is 0 Å². The second-order valence-electron chi connectivity index (χ2n) is 5.93. The quantitative estimate of drug-likeness (QED) is 0.906. The zero-order valence-electron chi connectivity index (χ0n) is 14.5. The largest absolute Gasteiger partial charge is 0.497 e. The maximum Gasteiger partial charge on any atom is 0.229 e. The van der Waals surface area contributed by atoms with Gasteiger partial charge in [0.2, 0.25) is 5.95 Å². The third-order valence-corrected chi connectivity index (χ3v) is 4.17. The number of aryl methyl sites for hydroxylation is 1. The SMILES string of the molecule is COc1ccc(OC)c(Nc2nc(C)cc(N3CCCCC3)n2)c1. The van der Waals surface area contributed by atoms with Gasteiger partial charge in [0.05, 0.1) is 19.9 Å². The van der Waals surface area contributed by atoms with Gasteiger partial charge in [0, 0.05) is 30.9 Å². The van der Waals surface area contributed by atoms with Crippen LogP contribution in [0.5, 0.6) is 11.5 Å². The van der Waals surface area contributed by atoms with Crippen molar-refractivity contribution in [1.29, 1.82) is 0 Å². The molecule has 0 unspecified atom stereocenters. The van der Waals surface area contributed by atoms with Gasteiger partial charge in [-0.2, -0.15) is 4.98 Å². The minimum Gasteiger partial charge on any atom is -0.497 e. The monoisotopic (exact) mass is 328 g/mol. The van der Waals surface area contributed by atoms with Crippen LogP contribution in [0, 0.1) is 6.92 Å². The third-order valence-electron chi connectivity index (χ3n) is 4.17. The maximum atomic E-state index is 5.41. The van der Waals surface area contributed by atoms with Gasteiger partial charge < -0.3 is 19.7 Å². The molecule has 3 rings (SSSR count). The standard InChI is InChI=1S/C18H24N4O2/c1-13-11-17(22-9-5-4-6-10-22)21-18(19-13)20-15-12-14(23-2)7-8-16(15)24-3/h7-8,11-12H,4-6,9-10H2,1-3H3,(H,19,20,21). The van der Waals surface area contributed by atoms with Gasteiger partial charge >= 0.3 is 0 Å². The van der Waals surface area contributed by atoms with Gasteiger partial charge in [0.25, 0.3) is 0 Å². The van der Waals surface area contributed by atoms with Crippen molar-refractivity contribution >= 4 is 17.5 Å². The zero-order valence-corrected chi connectivity index (χ0v) is 14.5. The molecule has 1 N–H and O–H groups in total. The molecule has 1 aliphatic heterocycles. The molecule has 1 fully saturated rings. The average Bonchev–Trinajstić information content (AvgIpc) is 2.62. The van der Waals surface area contributed by atoms with Crippen molar-refractivity contribution in [3.63, 3.8) is 0 Å². The van der Waals surface area contributed by atoms with Crippen LogP contribution in [0.2, 0.25) is 0 Å². The molecular weight excluding hydrogens is 304 g/mol. The van der Waals surface area contributed by atoms with E-state index >= 15 is 0 Å².